The number of nitrogens with zero attached hydrogens (tertiary/aromatic N) is 2. The third-order valence-electron chi connectivity index (χ3n) is 4.03. The zero-order chi connectivity index (χ0) is 16.4. The topological polar surface area (TPSA) is 83.3 Å². The standard InChI is InChI=1S/C16H20ClN5O/c1-2-6-22-7-5-13-12(9-22)15(20-21-16(18)23)11-4-3-10(17)8-14(11)19-13/h3-4,8H,2,5-7,9H2,1H3,(H,19,20)(H3,18,21,23). The number of fused-ring (bicyclic) bond motifs is 2. The Labute approximate surface area is 140 Å². The second kappa shape index (κ2) is 6.60. The fourth-order valence-electron chi connectivity index (χ4n) is 3.05. The van der Waals surface area contributed by atoms with Crippen molar-refractivity contribution >= 4 is 34.2 Å². The van der Waals surface area contributed by atoms with E-state index in [0.29, 0.717) is 5.02 Å². The summed E-state index contributed by atoms with van der Waals surface area (Å²) in [6.07, 6.45) is 1.98. The van der Waals surface area contributed by atoms with Gasteiger partial charge in [-0.15, -0.1) is 0 Å². The van der Waals surface area contributed by atoms with E-state index in [-0.39, 0.29) is 0 Å². The average molecular weight is 334 g/mol. The molecule has 0 aliphatic carbocycles. The summed E-state index contributed by atoms with van der Waals surface area (Å²) in [4.78, 5) is 18.3. The number of nitrogens with two attached hydrogens (primary N) is 1. The van der Waals surface area contributed by atoms with Crippen LogP contribution < -0.4 is 16.6 Å². The zero-order valence-electron chi connectivity index (χ0n) is 13.0. The molecule has 2 amide bonds. The van der Waals surface area contributed by atoms with Crippen molar-refractivity contribution in [2.75, 3.05) is 18.5 Å². The summed E-state index contributed by atoms with van der Waals surface area (Å²) in [5.41, 5.74) is 14.4. The molecule has 0 bridgehead atoms. The van der Waals surface area contributed by atoms with E-state index >= 15 is 0 Å². The molecule has 0 atom stereocenters. The number of pyridine rings is 1. The Morgan fingerprint density at radius 2 is 2.30 bits per heavy atom. The summed E-state index contributed by atoms with van der Waals surface area (Å²) in [5.74, 6) is 0. The maximum absolute atomic E-state index is 11.1. The van der Waals surface area contributed by atoms with Crippen LogP contribution in [0.1, 0.15) is 24.6 Å². The van der Waals surface area contributed by atoms with Crippen molar-refractivity contribution in [2.24, 2.45) is 5.73 Å². The molecule has 0 fully saturated rings. The molecule has 6 nitrogen and oxygen atoms in total. The lowest BCUT2D eigenvalue weighted by atomic mass is 10.00. The van der Waals surface area contributed by atoms with Crippen LogP contribution in [0.5, 0.6) is 0 Å². The van der Waals surface area contributed by atoms with Crippen molar-refractivity contribution in [2.45, 2.75) is 26.3 Å². The first-order valence-electron chi connectivity index (χ1n) is 7.73. The molecule has 1 aliphatic heterocycles. The molecule has 23 heavy (non-hydrogen) atoms. The van der Waals surface area contributed by atoms with Crippen LogP contribution in [-0.4, -0.2) is 29.0 Å². The molecule has 122 valence electrons. The molecule has 0 saturated heterocycles. The van der Waals surface area contributed by atoms with E-state index in [9.17, 15) is 4.79 Å². The number of amides is 2. The molecule has 0 unspecified atom stereocenters. The Morgan fingerprint density at radius 3 is 3.04 bits per heavy atom. The number of anilines is 1. The van der Waals surface area contributed by atoms with Crippen LogP contribution in [0, 0.1) is 0 Å². The minimum Gasteiger partial charge on any atom is -0.350 e. The van der Waals surface area contributed by atoms with Gasteiger partial charge in [0.2, 0.25) is 0 Å². The Balaban J connectivity index is 2.09. The molecule has 0 saturated carbocycles. The molecule has 1 aromatic heterocycles. The molecule has 0 radical (unpaired) electrons. The number of hydrogen-bond donors (Lipinski definition) is 3. The molecule has 2 heterocycles. The predicted octanol–water partition coefficient (Wildman–Crippen LogP) is 2.65. The highest BCUT2D eigenvalue weighted by Crippen LogP contribution is 2.33. The van der Waals surface area contributed by atoms with Crippen LogP contribution in [0.3, 0.4) is 0 Å². The number of primary amides is 1. The van der Waals surface area contributed by atoms with Gasteiger partial charge < -0.3 is 5.73 Å². The predicted molar refractivity (Wildman–Crippen MR) is 92.4 cm³/mol. The summed E-state index contributed by atoms with van der Waals surface area (Å²) in [5, 5.41) is 1.56. The highest BCUT2D eigenvalue weighted by atomic mass is 35.5. The molecule has 1 aliphatic rings. The number of urea groups is 1. The summed E-state index contributed by atoms with van der Waals surface area (Å²) < 4.78 is 0. The fraction of sp³-hybridized carbons (Fsp3) is 0.375. The van der Waals surface area contributed by atoms with Crippen molar-refractivity contribution in [3.05, 3.63) is 34.5 Å². The Kier molecular flexibility index (Phi) is 4.54. The number of aromatic nitrogens is 1. The Hall–Kier alpha value is -2.05. The summed E-state index contributed by atoms with van der Waals surface area (Å²) in [6, 6.07) is 4.94. The lowest BCUT2D eigenvalue weighted by molar-refractivity contribution is 0.250. The monoisotopic (exact) mass is 333 g/mol. The van der Waals surface area contributed by atoms with Crippen molar-refractivity contribution in [3.8, 4) is 0 Å². The van der Waals surface area contributed by atoms with Gasteiger partial charge >= 0.3 is 6.03 Å². The first-order valence-corrected chi connectivity index (χ1v) is 8.11. The molecule has 4 N–H and O–H groups in total. The van der Waals surface area contributed by atoms with Gasteiger partial charge in [-0.3, -0.25) is 20.7 Å². The largest absolute Gasteiger partial charge is 0.350 e. The summed E-state index contributed by atoms with van der Waals surface area (Å²) >= 11 is 6.09. The van der Waals surface area contributed by atoms with Gasteiger partial charge in [0, 0.05) is 41.2 Å². The van der Waals surface area contributed by atoms with Crippen molar-refractivity contribution in [1.82, 2.24) is 15.3 Å². The van der Waals surface area contributed by atoms with E-state index < -0.39 is 6.03 Å². The number of hydrazine groups is 1. The van der Waals surface area contributed by atoms with Gasteiger partial charge in [0.15, 0.2) is 0 Å². The maximum atomic E-state index is 11.1. The van der Waals surface area contributed by atoms with Gasteiger partial charge in [0.25, 0.3) is 0 Å². The van der Waals surface area contributed by atoms with Crippen LogP contribution in [0.25, 0.3) is 10.9 Å². The van der Waals surface area contributed by atoms with E-state index in [1.807, 2.05) is 18.2 Å². The van der Waals surface area contributed by atoms with Crippen LogP contribution in [0.15, 0.2) is 18.2 Å². The number of nitrogens with one attached hydrogen (secondary N) is 2. The van der Waals surface area contributed by atoms with Crippen molar-refractivity contribution < 1.29 is 4.79 Å². The van der Waals surface area contributed by atoms with Crippen LogP contribution in [-0.2, 0) is 13.0 Å². The highest BCUT2D eigenvalue weighted by molar-refractivity contribution is 6.31. The Bertz CT molecular complexity index is 749. The van der Waals surface area contributed by atoms with Crippen LogP contribution >= 0.6 is 11.6 Å². The lowest BCUT2D eigenvalue weighted by Gasteiger charge is -2.30. The fourth-order valence-corrected chi connectivity index (χ4v) is 3.21. The van der Waals surface area contributed by atoms with Gasteiger partial charge in [-0.2, -0.15) is 0 Å². The van der Waals surface area contributed by atoms with Crippen LogP contribution in [0.4, 0.5) is 10.5 Å². The molecule has 1 aromatic carbocycles. The number of halogens is 1. The van der Waals surface area contributed by atoms with Gasteiger partial charge in [-0.25, -0.2) is 4.79 Å². The number of hydrogen-bond acceptors (Lipinski definition) is 4. The van der Waals surface area contributed by atoms with Gasteiger partial charge in [0.05, 0.1) is 11.2 Å². The minimum atomic E-state index is -0.626. The molecule has 0 spiro atoms. The third-order valence-corrected chi connectivity index (χ3v) is 4.27. The van der Waals surface area contributed by atoms with Gasteiger partial charge in [0.1, 0.15) is 0 Å². The normalized spacial score (nSPS) is 14.5. The van der Waals surface area contributed by atoms with Crippen LogP contribution in [0.2, 0.25) is 5.02 Å². The SMILES string of the molecule is CCCN1CCc2nc3cc(Cl)ccc3c(NNC(N)=O)c2C1. The molecule has 2 aromatic rings. The summed E-state index contributed by atoms with van der Waals surface area (Å²) in [6.45, 7) is 5.00. The first kappa shape index (κ1) is 15.8. The Morgan fingerprint density at radius 1 is 1.48 bits per heavy atom. The van der Waals surface area contributed by atoms with E-state index in [2.05, 4.69) is 22.7 Å². The lowest BCUT2D eigenvalue weighted by Crippen LogP contribution is -2.37. The van der Waals surface area contributed by atoms with Gasteiger partial charge in [-0.1, -0.05) is 18.5 Å². The molecular formula is C16H20ClN5O. The first-order chi connectivity index (χ1) is 11.1. The number of carbonyl (C=O) groups is 1. The molecule has 3 rings (SSSR count). The minimum absolute atomic E-state index is 0.626. The van der Waals surface area contributed by atoms with E-state index in [4.69, 9.17) is 22.3 Å². The zero-order valence-corrected chi connectivity index (χ0v) is 13.8. The average Bonchev–Trinajstić information content (AvgIpc) is 2.51. The molecular weight excluding hydrogens is 314 g/mol. The second-order valence-corrected chi connectivity index (χ2v) is 6.15. The number of rotatable bonds is 4. The molecule has 7 heteroatoms. The number of carbonyl (C=O) groups excluding carboxylic acids is 1. The number of benzene rings is 1. The highest BCUT2D eigenvalue weighted by Gasteiger charge is 2.22. The van der Waals surface area contributed by atoms with E-state index in [1.165, 1.54) is 0 Å². The van der Waals surface area contributed by atoms with Crippen molar-refractivity contribution in [3.63, 3.8) is 0 Å². The maximum Gasteiger partial charge on any atom is 0.330 e. The smallest absolute Gasteiger partial charge is 0.330 e. The van der Waals surface area contributed by atoms with Gasteiger partial charge in [-0.05, 0) is 31.2 Å². The third kappa shape index (κ3) is 3.33. The summed E-state index contributed by atoms with van der Waals surface area (Å²) in [7, 11) is 0. The van der Waals surface area contributed by atoms with E-state index in [1.54, 1.807) is 0 Å². The van der Waals surface area contributed by atoms with E-state index in [0.717, 1.165) is 60.3 Å². The van der Waals surface area contributed by atoms with Crippen molar-refractivity contribution in [1.29, 1.82) is 0 Å². The second-order valence-electron chi connectivity index (χ2n) is 5.71. The quantitative estimate of drug-likeness (QED) is 0.751.